The first-order valence-corrected chi connectivity index (χ1v) is 8.43. The summed E-state index contributed by atoms with van der Waals surface area (Å²) < 4.78 is 5.55. The molecule has 0 amide bonds. The molecule has 1 saturated carbocycles. The Labute approximate surface area is 129 Å². The summed E-state index contributed by atoms with van der Waals surface area (Å²) in [7, 11) is 0. The molecule has 2 heterocycles. The Morgan fingerprint density at radius 1 is 1.38 bits per heavy atom. The van der Waals surface area contributed by atoms with Gasteiger partial charge < -0.3 is 10.3 Å². The number of hydrogen-bond donors (Lipinski definition) is 1. The molecule has 0 aromatic carbocycles. The topological polar surface area (TPSA) is 77.8 Å². The SMILES string of the molecule is Cc1nc(Cc2noc(C3(CN)CCC(C)CC3)n2)cs1. The van der Waals surface area contributed by atoms with E-state index in [4.69, 9.17) is 10.3 Å². The molecule has 0 saturated heterocycles. The van der Waals surface area contributed by atoms with Crippen molar-refractivity contribution in [2.75, 3.05) is 6.54 Å². The van der Waals surface area contributed by atoms with Crippen LogP contribution in [0.1, 0.15) is 55.0 Å². The van der Waals surface area contributed by atoms with E-state index < -0.39 is 0 Å². The molecule has 2 N–H and O–H groups in total. The standard InChI is InChI=1S/C15H22N4OS/c1-10-3-5-15(9-16,6-4-10)14-18-13(19-20-14)7-12-8-21-11(2)17-12/h8,10H,3-7,9,16H2,1-2H3. The van der Waals surface area contributed by atoms with Gasteiger partial charge in [0, 0.05) is 11.9 Å². The highest BCUT2D eigenvalue weighted by Crippen LogP contribution is 2.40. The molecule has 2 aromatic rings. The van der Waals surface area contributed by atoms with Crippen LogP contribution in [0, 0.1) is 12.8 Å². The fourth-order valence-electron chi connectivity index (χ4n) is 3.01. The number of rotatable bonds is 4. The van der Waals surface area contributed by atoms with Crippen LogP contribution in [0.2, 0.25) is 0 Å². The molecular weight excluding hydrogens is 284 g/mol. The smallest absolute Gasteiger partial charge is 0.234 e. The second-order valence-corrected chi connectivity index (χ2v) is 7.28. The van der Waals surface area contributed by atoms with E-state index in [0.29, 0.717) is 18.8 Å². The highest BCUT2D eigenvalue weighted by Gasteiger charge is 2.39. The fraction of sp³-hybridized carbons (Fsp3) is 0.667. The Hall–Kier alpha value is -1.27. The van der Waals surface area contributed by atoms with Gasteiger partial charge in [-0.15, -0.1) is 11.3 Å². The Bertz CT molecular complexity index is 598. The Morgan fingerprint density at radius 2 is 2.14 bits per heavy atom. The lowest BCUT2D eigenvalue weighted by Gasteiger charge is -2.35. The summed E-state index contributed by atoms with van der Waals surface area (Å²) in [6, 6.07) is 0. The molecule has 5 nitrogen and oxygen atoms in total. The first-order chi connectivity index (χ1) is 10.1. The molecule has 0 atom stereocenters. The minimum atomic E-state index is -0.115. The number of thiazole rings is 1. The fourth-order valence-corrected chi connectivity index (χ4v) is 3.63. The Kier molecular flexibility index (Phi) is 4.08. The molecule has 6 heteroatoms. The van der Waals surface area contributed by atoms with E-state index in [0.717, 1.165) is 35.4 Å². The summed E-state index contributed by atoms with van der Waals surface area (Å²) in [6.45, 7) is 4.88. The highest BCUT2D eigenvalue weighted by molar-refractivity contribution is 7.09. The second-order valence-electron chi connectivity index (χ2n) is 6.22. The van der Waals surface area contributed by atoms with Crippen molar-refractivity contribution in [1.29, 1.82) is 0 Å². The van der Waals surface area contributed by atoms with Crippen LogP contribution in [-0.4, -0.2) is 21.7 Å². The van der Waals surface area contributed by atoms with Crippen LogP contribution < -0.4 is 5.73 Å². The van der Waals surface area contributed by atoms with E-state index in [1.165, 1.54) is 12.8 Å². The Balaban J connectivity index is 1.77. The summed E-state index contributed by atoms with van der Waals surface area (Å²) in [5, 5.41) is 7.24. The number of hydrogen-bond acceptors (Lipinski definition) is 6. The molecule has 21 heavy (non-hydrogen) atoms. The summed E-state index contributed by atoms with van der Waals surface area (Å²) in [6.07, 6.45) is 5.08. The average Bonchev–Trinajstić information content (AvgIpc) is 3.10. The van der Waals surface area contributed by atoms with E-state index in [-0.39, 0.29) is 5.41 Å². The number of aromatic nitrogens is 3. The van der Waals surface area contributed by atoms with Crippen molar-refractivity contribution in [1.82, 2.24) is 15.1 Å². The molecule has 0 bridgehead atoms. The zero-order valence-corrected chi connectivity index (χ0v) is 13.4. The van der Waals surface area contributed by atoms with Crippen LogP contribution in [0.5, 0.6) is 0 Å². The molecule has 0 radical (unpaired) electrons. The third-order valence-corrected chi connectivity index (χ3v) is 5.37. The molecule has 3 rings (SSSR count). The molecule has 0 aliphatic heterocycles. The molecule has 1 aliphatic rings. The zero-order valence-electron chi connectivity index (χ0n) is 12.6. The third kappa shape index (κ3) is 3.01. The van der Waals surface area contributed by atoms with Gasteiger partial charge in [0.2, 0.25) is 5.89 Å². The summed E-state index contributed by atoms with van der Waals surface area (Å²) in [4.78, 5) is 9.06. The van der Waals surface area contributed by atoms with Crippen molar-refractivity contribution in [3.05, 3.63) is 27.8 Å². The number of aryl methyl sites for hydroxylation is 1. The van der Waals surface area contributed by atoms with Crippen LogP contribution >= 0.6 is 11.3 Å². The lowest BCUT2D eigenvalue weighted by atomic mass is 9.71. The van der Waals surface area contributed by atoms with Gasteiger partial charge in [-0.2, -0.15) is 4.98 Å². The minimum absolute atomic E-state index is 0.115. The first-order valence-electron chi connectivity index (χ1n) is 7.55. The molecule has 114 valence electrons. The van der Waals surface area contributed by atoms with Gasteiger partial charge in [0.25, 0.3) is 0 Å². The third-order valence-electron chi connectivity index (χ3n) is 4.55. The largest absolute Gasteiger partial charge is 0.339 e. The maximum Gasteiger partial charge on any atom is 0.234 e. The summed E-state index contributed by atoms with van der Waals surface area (Å²) in [5.41, 5.74) is 6.93. The van der Waals surface area contributed by atoms with Gasteiger partial charge in [0.05, 0.1) is 22.5 Å². The molecule has 2 aromatic heterocycles. The van der Waals surface area contributed by atoms with Crippen molar-refractivity contribution >= 4 is 11.3 Å². The monoisotopic (exact) mass is 306 g/mol. The molecular formula is C15H22N4OS. The van der Waals surface area contributed by atoms with Crippen molar-refractivity contribution in [3.63, 3.8) is 0 Å². The molecule has 0 spiro atoms. The Morgan fingerprint density at radius 3 is 2.76 bits per heavy atom. The van der Waals surface area contributed by atoms with Crippen LogP contribution in [-0.2, 0) is 11.8 Å². The minimum Gasteiger partial charge on any atom is -0.339 e. The first kappa shape index (κ1) is 14.7. The molecule has 0 unspecified atom stereocenters. The lowest BCUT2D eigenvalue weighted by molar-refractivity contribution is 0.191. The highest BCUT2D eigenvalue weighted by atomic mass is 32.1. The van der Waals surface area contributed by atoms with Crippen LogP contribution in [0.15, 0.2) is 9.90 Å². The van der Waals surface area contributed by atoms with E-state index in [1.807, 2.05) is 12.3 Å². The molecule has 1 aliphatic carbocycles. The van der Waals surface area contributed by atoms with Crippen LogP contribution in [0.4, 0.5) is 0 Å². The van der Waals surface area contributed by atoms with Gasteiger partial charge in [-0.3, -0.25) is 0 Å². The number of nitrogens with zero attached hydrogens (tertiary/aromatic N) is 3. The van der Waals surface area contributed by atoms with E-state index in [1.54, 1.807) is 11.3 Å². The van der Waals surface area contributed by atoms with Gasteiger partial charge in [0.15, 0.2) is 5.82 Å². The number of nitrogens with two attached hydrogens (primary N) is 1. The van der Waals surface area contributed by atoms with Crippen molar-refractivity contribution in [2.24, 2.45) is 11.7 Å². The van der Waals surface area contributed by atoms with Gasteiger partial charge in [-0.05, 0) is 38.5 Å². The maximum absolute atomic E-state index is 6.04. The van der Waals surface area contributed by atoms with E-state index in [9.17, 15) is 0 Å². The molecule has 1 fully saturated rings. The van der Waals surface area contributed by atoms with Gasteiger partial charge in [-0.25, -0.2) is 4.98 Å². The zero-order chi connectivity index (χ0) is 14.9. The maximum atomic E-state index is 6.04. The van der Waals surface area contributed by atoms with Gasteiger partial charge in [0.1, 0.15) is 0 Å². The van der Waals surface area contributed by atoms with Crippen molar-refractivity contribution < 1.29 is 4.52 Å². The van der Waals surface area contributed by atoms with Crippen LogP contribution in [0.3, 0.4) is 0 Å². The van der Waals surface area contributed by atoms with E-state index in [2.05, 4.69) is 22.0 Å². The quantitative estimate of drug-likeness (QED) is 0.939. The second kappa shape index (κ2) is 5.85. The van der Waals surface area contributed by atoms with Crippen molar-refractivity contribution in [3.8, 4) is 0 Å². The average molecular weight is 306 g/mol. The lowest BCUT2D eigenvalue weighted by Crippen LogP contribution is -2.39. The van der Waals surface area contributed by atoms with Gasteiger partial charge >= 0.3 is 0 Å². The predicted molar refractivity (Wildman–Crippen MR) is 82.3 cm³/mol. The van der Waals surface area contributed by atoms with Crippen LogP contribution in [0.25, 0.3) is 0 Å². The summed E-state index contributed by atoms with van der Waals surface area (Å²) >= 11 is 1.65. The van der Waals surface area contributed by atoms with Crippen molar-refractivity contribution in [2.45, 2.75) is 51.4 Å². The van der Waals surface area contributed by atoms with E-state index >= 15 is 0 Å². The van der Waals surface area contributed by atoms with Gasteiger partial charge in [-0.1, -0.05) is 12.1 Å². The predicted octanol–water partition coefficient (Wildman–Crippen LogP) is 2.83. The normalized spacial score (nSPS) is 26.1. The summed E-state index contributed by atoms with van der Waals surface area (Å²) in [5.74, 6) is 2.20.